The number of ether oxygens (including phenoxy) is 1. The lowest BCUT2D eigenvalue weighted by atomic mass is 10.0. The number of halogens is 3. The summed E-state index contributed by atoms with van der Waals surface area (Å²) in [4.78, 5) is 13.8. The molecule has 0 saturated heterocycles. The molecule has 7 heteroatoms. The van der Waals surface area contributed by atoms with Gasteiger partial charge in [-0.1, -0.05) is 0 Å². The second kappa shape index (κ2) is 8.14. The van der Waals surface area contributed by atoms with Crippen molar-refractivity contribution in [2.45, 2.75) is 32.3 Å². The molecule has 0 fully saturated rings. The molecule has 0 radical (unpaired) electrons. The third kappa shape index (κ3) is 4.54. The van der Waals surface area contributed by atoms with E-state index in [1.165, 1.54) is 6.07 Å². The Morgan fingerprint density at radius 2 is 2.19 bits per heavy atom. The van der Waals surface area contributed by atoms with Crippen LogP contribution in [0.15, 0.2) is 18.2 Å². The summed E-state index contributed by atoms with van der Waals surface area (Å²) in [5.41, 5.74) is 7.07. The number of nitrogens with two attached hydrogens (primary N) is 1. The first-order valence-corrected chi connectivity index (χ1v) is 6.70. The number of aryl methyl sites for hydroxylation is 1. The number of carbonyl (C=O) groups is 1. The van der Waals surface area contributed by atoms with Crippen LogP contribution in [0.1, 0.15) is 24.8 Å². The van der Waals surface area contributed by atoms with E-state index in [0.29, 0.717) is 25.9 Å². The predicted octanol–water partition coefficient (Wildman–Crippen LogP) is 2.73. The molecule has 1 aliphatic rings. The molecular formula is C14H19ClF2N2O2. The fourth-order valence-corrected chi connectivity index (χ4v) is 2.40. The van der Waals surface area contributed by atoms with Gasteiger partial charge in [-0.05, 0) is 49.6 Å². The van der Waals surface area contributed by atoms with E-state index < -0.39 is 6.61 Å². The van der Waals surface area contributed by atoms with Crippen molar-refractivity contribution in [3.8, 4) is 5.75 Å². The molecule has 118 valence electrons. The molecule has 2 rings (SSSR count). The highest BCUT2D eigenvalue weighted by Gasteiger charge is 2.22. The van der Waals surface area contributed by atoms with Crippen molar-refractivity contribution in [1.29, 1.82) is 0 Å². The molecule has 1 heterocycles. The van der Waals surface area contributed by atoms with Crippen LogP contribution >= 0.6 is 12.4 Å². The molecule has 0 aliphatic carbocycles. The number of hydrogen-bond acceptors (Lipinski definition) is 3. The van der Waals surface area contributed by atoms with Crippen LogP contribution in [0.25, 0.3) is 0 Å². The quantitative estimate of drug-likeness (QED) is 0.907. The van der Waals surface area contributed by atoms with Crippen molar-refractivity contribution in [3.63, 3.8) is 0 Å². The van der Waals surface area contributed by atoms with Crippen LogP contribution in [-0.2, 0) is 11.2 Å². The summed E-state index contributed by atoms with van der Waals surface area (Å²) in [6.07, 6.45) is 2.64. The molecule has 1 aromatic carbocycles. The van der Waals surface area contributed by atoms with Gasteiger partial charge in [-0.25, -0.2) is 0 Å². The number of fused-ring (bicyclic) bond motifs is 1. The first kappa shape index (κ1) is 17.7. The molecule has 0 atom stereocenters. The summed E-state index contributed by atoms with van der Waals surface area (Å²) in [5, 5.41) is 0. The fourth-order valence-electron chi connectivity index (χ4n) is 2.40. The van der Waals surface area contributed by atoms with E-state index in [9.17, 15) is 13.6 Å². The van der Waals surface area contributed by atoms with Crippen LogP contribution in [0.4, 0.5) is 14.5 Å². The lowest BCUT2D eigenvalue weighted by molar-refractivity contribution is -0.118. The van der Waals surface area contributed by atoms with E-state index >= 15 is 0 Å². The monoisotopic (exact) mass is 320 g/mol. The molecule has 1 aromatic rings. The molecule has 1 amide bonds. The van der Waals surface area contributed by atoms with Crippen LogP contribution in [0.3, 0.4) is 0 Å². The Morgan fingerprint density at radius 3 is 2.86 bits per heavy atom. The van der Waals surface area contributed by atoms with E-state index in [1.807, 2.05) is 0 Å². The van der Waals surface area contributed by atoms with Crippen LogP contribution in [0.2, 0.25) is 0 Å². The number of nitrogens with zero attached hydrogens (tertiary/aromatic N) is 1. The minimum Gasteiger partial charge on any atom is -0.435 e. The van der Waals surface area contributed by atoms with E-state index in [-0.39, 0.29) is 24.1 Å². The number of benzene rings is 1. The molecule has 1 aliphatic heterocycles. The van der Waals surface area contributed by atoms with Gasteiger partial charge in [0.1, 0.15) is 5.75 Å². The molecule has 0 saturated carbocycles. The minimum absolute atomic E-state index is 0. The maximum atomic E-state index is 12.2. The third-order valence-corrected chi connectivity index (χ3v) is 3.29. The van der Waals surface area contributed by atoms with Crippen molar-refractivity contribution < 1.29 is 18.3 Å². The van der Waals surface area contributed by atoms with Gasteiger partial charge in [0.2, 0.25) is 5.91 Å². The van der Waals surface area contributed by atoms with Crippen molar-refractivity contribution >= 4 is 24.0 Å². The second-order valence-electron chi connectivity index (χ2n) is 4.71. The lowest BCUT2D eigenvalue weighted by Gasteiger charge is -2.30. The first-order valence-electron chi connectivity index (χ1n) is 6.70. The zero-order chi connectivity index (χ0) is 14.5. The molecule has 0 bridgehead atoms. The fraction of sp³-hybridized carbons (Fsp3) is 0.500. The Balaban J connectivity index is 0.00000220. The summed E-state index contributed by atoms with van der Waals surface area (Å²) >= 11 is 0. The maximum absolute atomic E-state index is 12.2. The zero-order valence-corrected chi connectivity index (χ0v) is 12.4. The van der Waals surface area contributed by atoms with Gasteiger partial charge in [-0.2, -0.15) is 8.78 Å². The smallest absolute Gasteiger partial charge is 0.387 e. The second-order valence-corrected chi connectivity index (χ2v) is 4.71. The van der Waals surface area contributed by atoms with Gasteiger partial charge in [0.15, 0.2) is 0 Å². The number of rotatable bonds is 5. The van der Waals surface area contributed by atoms with Gasteiger partial charge in [0.25, 0.3) is 0 Å². The minimum atomic E-state index is -2.83. The number of carbonyl (C=O) groups excluding carboxylic acids is 1. The summed E-state index contributed by atoms with van der Waals surface area (Å²) in [7, 11) is 0. The normalized spacial score (nSPS) is 13.6. The standard InChI is InChI=1S/C14H18F2N2O2.ClH/c15-14(16)20-11-5-6-12-10(9-11)3-2-8-18(12)13(19)4-1-7-17;/h5-6,9,14H,1-4,7-8,17H2;1H. The average molecular weight is 321 g/mol. The van der Waals surface area contributed by atoms with Gasteiger partial charge < -0.3 is 15.4 Å². The molecule has 0 spiro atoms. The Morgan fingerprint density at radius 1 is 1.43 bits per heavy atom. The highest BCUT2D eigenvalue weighted by Crippen LogP contribution is 2.31. The molecule has 0 aromatic heterocycles. The molecule has 0 unspecified atom stereocenters. The topological polar surface area (TPSA) is 55.6 Å². The van der Waals surface area contributed by atoms with Crippen molar-refractivity contribution in [3.05, 3.63) is 23.8 Å². The Labute approximate surface area is 128 Å². The summed E-state index contributed by atoms with van der Waals surface area (Å²) in [6.45, 7) is -1.70. The molecule has 21 heavy (non-hydrogen) atoms. The van der Waals surface area contributed by atoms with Gasteiger partial charge in [-0.15, -0.1) is 12.4 Å². The summed E-state index contributed by atoms with van der Waals surface area (Å²) in [5.74, 6) is 0.161. The Hall–Kier alpha value is -1.40. The first-order chi connectivity index (χ1) is 9.61. The highest BCUT2D eigenvalue weighted by molar-refractivity contribution is 5.94. The molecule has 2 N–H and O–H groups in total. The SMILES string of the molecule is Cl.NCCCC(=O)N1CCCc2cc(OC(F)F)ccc21. The van der Waals surface area contributed by atoms with Crippen molar-refractivity contribution in [2.24, 2.45) is 5.73 Å². The van der Waals surface area contributed by atoms with Crippen LogP contribution in [0, 0.1) is 0 Å². The predicted molar refractivity (Wildman–Crippen MR) is 79.3 cm³/mol. The third-order valence-electron chi connectivity index (χ3n) is 3.29. The summed E-state index contributed by atoms with van der Waals surface area (Å²) in [6, 6.07) is 4.73. The van der Waals surface area contributed by atoms with E-state index in [1.54, 1.807) is 17.0 Å². The van der Waals surface area contributed by atoms with Crippen LogP contribution in [-0.4, -0.2) is 25.6 Å². The lowest BCUT2D eigenvalue weighted by Crippen LogP contribution is -2.35. The average Bonchev–Trinajstić information content (AvgIpc) is 2.43. The zero-order valence-electron chi connectivity index (χ0n) is 11.6. The molecule has 4 nitrogen and oxygen atoms in total. The van der Waals surface area contributed by atoms with E-state index in [2.05, 4.69) is 4.74 Å². The Kier molecular flexibility index (Phi) is 6.84. The van der Waals surface area contributed by atoms with Crippen LogP contribution < -0.4 is 15.4 Å². The van der Waals surface area contributed by atoms with Crippen LogP contribution in [0.5, 0.6) is 5.75 Å². The largest absolute Gasteiger partial charge is 0.435 e. The molecular weight excluding hydrogens is 302 g/mol. The number of hydrogen-bond donors (Lipinski definition) is 1. The highest BCUT2D eigenvalue weighted by atomic mass is 35.5. The van der Waals surface area contributed by atoms with Gasteiger partial charge in [0.05, 0.1) is 0 Å². The van der Waals surface area contributed by atoms with Gasteiger partial charge in [0, 0.05) is 18.7 Å². The van der Waals surface area contributed by atoms with Crippen molar-refractivity contribution in [2.75, 3.05) is 18.0 Å². The van der Waals surface area contributed by atoms with E-state index in [0.717, 1.165) is 24.1 Å². The van der Waals surface area contributed by atoms with Crippen molar-refractivity contribution in [1.82, 2.24) is 0 Å². The van der Waals surface area contributed by atoms with Gasteiger partial charge >= 0.3 is 6.61 Å². The van der Waals surface area contributed by atoms with E-state index in [4.69, 9.17) is 5.73 Å². The van der Waals surface area contributed by atoms with Gasteiger partial charge in [-0.3, -0.25) is 4.79 Å². The number of amides is 1. The number of alkyl halides is 2. The Bertz CT molecular complexity index is 486. The number of anilines is 1. The maximum Gasteiger partial charge on any atom is 0.387 e. The summed E-state index contributed by atoms with van der Waals surface area (Å²) < 4.78 is 28.8.